The lowest BCUT2D eigenvalue weighted by Gasteiger charge is -2.08. The molecule has 0 fully saturated rings. The summed E-state index contributed by atoms with van der Waals surface area (Å²) in [7, 11) is -2.07. The Hall–Kier alpha value is -1.56. The van der Waals surface area contributed by atoms with E-state index in [0.717, 1.165) is 6.07 Å². The van der Waals surface area contributed by atoms with Gasteiger partial charge in [0, 0.05) is 0 Å². The molecule has 0 atom stereocenters. The van der Waals surface area contributed by atoms with E-state index in [1.807, 2.05) is 0 Å². The number of rotatable bonds is 5. The molecule has 0 aliphatic rings. The van der Waals surface area contributed by atoms with Crippen molar-refractivity contribution in [3.8, 4) is 5.75 Å². The molecule has 0 unspecified atom stereocenters. The first-order valence-electron chi connectivity index (χ1n) is 5.06. The average molecular weight is 258 g/mol. The van der Waals surface area contributed by atoms with Gasteiger partial charge in [0.25, 0.3) is 0 Å². The molecule has 1 aromatic rings. The van der Waals surface area contributed by atoms with E-state index in [4.69, 9.17) is 9.84 Å². The van der Waals surface area contributed by atoms with Crippen LogP contribution in [0, 0.1) is 0 Å². The lowest BCUT2D eigenvalue weighted by atomic mass is 10.2. The van der Waals surface area contributed by atoms with Crippen molar-refractivity contribution in [3.05, 3.63) is 23.8 Å². The third-order valence-electron chi connectivity index (χ3n) is 2.23. The molecule has 1 N–H and O–H groups in total. The Kier molecular flexibility index (Phi) is 4.11. The summed E-state index contributed by atoms with van der Waals surface area (Å²) in [6.45, 7) is 1.75. The van der Waals surface area contributed by atoms with Crippen LogP contribution in [0.1, 0.15) is 23.7 Å². The standard InChI is InChI=1S/C11H14O5S/c1-3-6-17(14,15)8-4-5-10(16-2)9(7-8)11(12)13/h4-5,7H,3,6H2,1-2H3,(H,12,13). The molecule has 0 amide bonds. The van der Waals surface area contributed by atoms with E-state index in [2.05, 4.69) is 0 Å². The lowest BCUT2D eigenvalue weighted by Crippen LogP contribution is -2.08. The monoisotopic (exact) mass is 258 g/mol. The molecule has 1 rings (SSSR count). The molecular weight excluding hydrogens is 244 g/mol. The van der Waals surface area contributed by atoms with Gasteiger partial charge in [-0.3, -0.25) is 0 Å². The lowest BCUT2D eigenvalue weighted by molar-refractivity contribution is 0.0693. The summed E-state index contributed by atoms with van der Waals surface area (Å²) in [5.41, 5.74) is -0.148. The fourth-order valence-electron chi connectivity index (χ4n) is 1.43. The van der Waals surface area contributed by atoms with Crippen molar-refractivity contribution in [2.45, 2.75) is 18.2 Å². The van der Waals surface area contributed by atoms with Gasteiger partial charge in [0.05, 0.1) is 17.8 Å². The highest BCUT2D eigenvalue weighted by Crippen LogP contribution is 2.23. The van der Waals surface area contributed by atoms with Crippen molar-refractivity contribution in [2.75, 3.05) is 12.9 Å². The van der Waals surface area contributed by atoms with Crippen molar-refractivity contribution >= 4 is 15.8 Å². The molecule has 5 nitrogen and oxygen atoms in total. The summed E-state index contributed by atoms with van der Waals surface area (Å²) in [6.07, 6.45) is 0.483. The van der Waals surface area contributed by atoms with E-state index in [1.165, 1.54) is 19.2 Å². The molecule has 0 bridgehead atoms. The Labute approximate surface area is 100.0 Å². The highest BCUT2D eigenvalue weighted by molar-refractivity contribution is 7.91. The molecule has 0 saturated heterocycles. The number of aromatic carboxylic acids is 1. The Balaban J connectivity index is 3.31. The fourth-order valence-corrected chi connectivity index (χ4v) is 2.78. The quantitative estimate of drug-likeness (QED) is 0.867. The highest BCUT2D eigenvalue weighted by atomic mass is 32.2. The predicted octanol–water partition coefficient (Wildman–Crippen LogP) is 1.58. The maximum absolute atomic E-state index is 11.8. The van der Waals surface area contributed by atoms with Crippen molar-refractivity contribution < 1.29 is 23.1 Å². The number of methoxy groups -OCH3 is 1. The van der Waals surface area contributed by atoms with Crippen molar-refractivity contribution in [2.24, 2.45) is 0 Å². The molecule has 94 valence electrons. The minimum absolute atomic E-state index is 0.00160. The summed E-state index contributed by atoms with van der Waals surface area (Å²) in [5.74, 6) is -1.07. The largest absolute Gasteiger partial charge is 0.496 e. The van der Waals surface area contributed by atoms with E-state index in [0.29, 0.717) is 6.42 Å². The van der Waals surface area contributed by atoms with Crippen LogP contribution in [0.2, 0.25) is 0 Å². The first kappa shape index (κ1) is 13.5. The van der Waals surface area contributed by atoms with Gasteiger partial charge >= 0.3 is 5.97 Å². The second-order valence-electron chi connectivity index (χ2n) is 3.49. The van der Waals surface area contributed by atoms with Crippen LogP contribution in [0.25, 0.3) is 0 Å². The van der Waals surface area contributed by atoms with Gasteiger partial charge in [-0.05, 0) is 24.6 Å². The predicted molar refractivity (Wildman–Crippen MR) is 62.3 cm³/mol. The van der Waals surface area contributed by atoms with Gasteiger partial charge in [-0.1, -0.05) is 6.92 Å². The zero-order valence-electron chi connectivity index (χ0n) is 9.63. The normalized spacial score (nSPS) is 11.2. The number of carboxylic acids is 1. The Bertz CT molecular complexity index is 519. The highest BCUT2D eigenvalue weighted by Gasteiger charge is 2.18. The van der Waals surface area contributed by atoms with E-state index in [9.17, 15) is 13.2 Å². The Morgan fingerprint density at radius 1 is 1.41 bits per heavy atom. The van der Waals surface area contributed by atoms with E-state index in [1.54, 1.807) is 6.92 Å². The second kappa shape index (κ2) is 5.18. The van der Waals surface area contributed by atoms with Gasteiger partial charge in [0.15, 0.2) is 9.84 Å². The third-order valence-corrected chi connectivity index (χ3v) is 4.15. The molecule has 0 aromatic heterocycles. The summed E-state index contributed by atoms with van der Waals surface area (Å²) in [5, 5.41) is 8.94. The van der Waals surface area contributed by atoms with E-state index < -0.39 is 15.8 Å². The zero-order chi connectivity index (χ0) is 13.1. The maximum Gasteiger partial charge on any atom is 0.339 e. The van der Waals surface area contributed by atoms with Gasteiger partial charge < -0.3 is 9.84 Å². The fraction of sp³-hybridized carbons (Fsp3) is 0.364. The Morgan fingerprint density at radius 3 is 2.53 bits per heavy atom. The van der Waals surface area contributed by atoms with Crippen molar-refractivity contribution in [1.82, 2.24) is 0 Å². The molecule has 6 heteroatoms. The van der Waals surface area contributed by atoms with Crippen LogP contribution in [0.4, 0.5) is 0 Å². The van der Waals surface area contributed by atoms with Crippen LogP contribution in [0.15, 0.2) is 23.1 Å². The first-order valence-corrected chi connectivity index (χ1v) is 6.71. The van der Waals surface area contributed by atoms with E-state index >= 15 is 0 Å². The minimum Gasteiger partial charge on any atom is -0.496 e. The van der Waals surface area contributed by atoms with Crippen molar-refractivity contribution in [3.63, 3.8) is 0 Å². The maximum atomic E-state index is 11.8. The SMILES string of the molecule is CCCS(=O)(=O)c1ccc(OC)c(C(=O)O)c1. The van der Waals surface area contributed by atoms with Crippen LogP contribution in [0.3, 0.4) is 0 Å². The minimum atomic E-state index is -3.41. The van der Waals surface area contributed by atoms with Crippen LogP contribution in [0.5, 0.6) is 5.75 Å². The number of hydrogen-bond donors (Lipinski definition) is 1. The van der Waals surface area contributed by atoms with Gasteiger partial charge in [0.1, 0.15) is 11.3 Å². The third kappa shape index (κ3) is 2.97. The summed E-state index contributed by atoms with van der Waals surface area (Å²) in [6, 6.07) is 3.84. The second-order valence-corrected chi connectivity index (χ2v) is 5.60. The molecule has 1 aromatic carbocycles. The molecule has 0 aliphatic carbocycles. The van der Waals surface area contributed by atoms with Crippen LogP contribution in [-0.2, 0) is 9.84 Å². The number of benzene rings is 1. The van der Waals surface area contributed by atoms with Gasteiger partial charge in [-0.25, -0.2) is 13.2 Å². The number of carboxylic acid groups (broad SMARTS) is 1. The first-order chi connectivity index (χ1) is 7.92. The number of sulfone groups is 1. The molecule has 0 saturated carbocycles. The van der Waals surface area contributed by atoms with Gasteiger partial charge in [-0.15, -0.1) is 0 Å². The number of ether oxygens (including phenoxy) is 1. The summed E-state index contributed by atoms with van der Waals surface area (Å²) < 4.78 is 28.4. The molecular formula is C11H14O5S. The molecule has 0 heterocycles. The molecule has 0 aliphatic heterocycles. The van der Waals surface area contributed by atoms with Gasteiger partial charge in [0.2, 0.25) is 0 Å². The molecule has 0 spiro atoms. The van der Waals surface area contributed by atoms with Crippen LogP contribution < -0.4 is 4.74 Å². The topological polar surface area (TPSA) is 80.7 Å². The smallest absolute Gasteiger partial charge is 0.339 e. The van der Waals surface area contributed by atoms with Crippen LogP contribution in [-0.4, -0.2) is 32.4 Å². The van der Waals surface area contributed by atoms with Gasteiger partial charge in [-0.2, -0.15) is 0 Å². The number of carbonyl (C=O) groups is 1. The summed E-state index contributed by atoms with van der Waals surface area (Å²) in [4.78, 5) is 11.0. The van der Waals surface area contributed by atoms with E-state index in [-0.39, 0.29) is 22.0 Å². The molecule has 17 heavy (non-hydrogen) atoms. The number of hydrogen-bond acceptors (Lipinski definition) is 4. The Morgan fingerprint density at radius 2 is 2.06 bits per heavy atom. The summed E-state index contributed by atoms with van der Waals surface area (Å²) >= 11 is 0. The molecule has 0 radical (unpaired) electrons. The van der Waals surface area contributed by atoms with Crippen molar-refractivity contribution in [1.29, 1.82) is 0 Å². The zero-order valence-corrected chi connectivity index (χ0v) is 10.5. The average Bonchev–Trinajstić information content (AvgIpc) is 2.28. The van der Waals surface area contributed by atoms with Crippen LogP contribution >= 0.6 is 0 Å².